The summed E-state index contributed by atoms with van der Waals surface area (Å²) in [5.41, 5.74) is 0. The first-order valence-electron chi connectivity index (χ1n) is 6.46. The molecular weight excluding hydrogens is 184 g/mol. The zero-order valence-electron chi connectivity index (χ0n) is 10.9. The summed E-state index contributed by atoms with van der Waals surface area (Å²) in [4.78, 5) is 2.27. The van der Waals surface area contributed by atoms with Gasteiger partial charge >= 0.3 is 0 Å². The van der Waals surface area contributed by atoms with E-state index in [1.54, 1.807) is 0 Å². The fourth-order valence-electron chi connectivity index (χ4n) is 2.21. The van der Waals surface area contributed by atoms with E-state index in [0.717, 1.165) is 18.4 Å². The molecule has 1 aliphatic carbocycles. The molecule has 0 saturated heterocycles. The highest BCUT2D eigenvalue weighted by Crippen LogP contribution is 2.27. The first-order valence-corrected chi connectivity index (χ1v) is 6.46. The molecule has 1 atom stereocenters. The smallest absolute Gasteiger partial charge is 0.0186 e. The van der Waals surface area contributed by atoms with Gasteiger partial charge < -0.3 is 10.2 Å². The quantitative estimate of drug-likeness (QED) is 0.752. The minimum Gasteiger partial charge on any atom is -0.315 e. The first-order chi connectivity index (χ1) is 7.09. The molecule has 0 radical (unpaired) electrons. The third-order valence-corrected chi connectivity index (χ3v) is 3.89. The Morgan fingerprint density at radius 1 is 1.20 bits per heavy atom. The maximum Gasteiger partial charge on any atom is 0.0186 e. The second-order valence-corrected chi connectivity index (χ2v) is 5.60. The molecule has 1 unspecified atom stereocenters. The van der Waals surface area contributed by atoms with Gasteiger partial charge in [-0.2, -0.15) is 0 Å². The number of hydrogen-bond donors (Lipinski definition) is 1. The number of nitrogens with one attached hydrogen (secondary N) is 1. The minimum atomic E-state index is 0.646. The van der Waals surface area contributed by atoms with Crippen LogP contribution in [0, 0.1) is 11.8 Å². The summed E-state index contributed by atoms with van der Waals surface area (Å²) < 4.78 is 0. The Balaban J connectivity index is 2.05. The number of hydrogen-bond acceptors (Lipinski definition) is 2. The summed E-state index contributed by atoms with van der Waals surface area (Å²) >= 11 is 0. The van der Waals surface area contributed by atoms with Gasteiger partial charge in [0, 0.05) is 12.6 Å². The molecule has 15 heavy (non-hydrogen) atoms. The van der Waals surface area contributed by atoms with Crippen molar-refractivity contribution in [1.82, 2.24) is 10.2 Å². The van der Waals surface area contributed by atoms with Crippen LogP contribution in [0.15, 0.2) is 0 Å². The average molecular weight is 212 g/mol. The molecule has 1 saturated carbocycles. The Kier molecular flexibility index (Phi) is 5.62. The molecule has 90 valence electrons. The van der Waals surface area contributed by atoms with Gasteiger partial charge in [-0.3, -0.25) is 0 Å². The molecule has 0 aromatic carbocycles. The van der Waals surface area contributed by atoms with Gasteiger partial charge in [0.25, 0.3) is 0 Å². The Labute approximate surface area is 95.4 Å². The molecule has 0 amide bonds. The van der Waals surface area contributed by atoms with E-state index < -0.39 is 0 Å². The second kappa shape index (κ2) is 6.49. The van der Waals surface area contributed by atoms with Crippen LogP contribution in [-0.4, -0.2) is 38.1 Å². The lowest BCUT2D eigenvalue weighted by molar-refractivity contribution is 0.262. The molecule has 0 aromatic heterocycles. The van der Waals surface area contributed by atoms with Gasteiger partial charge in [-0.05, 0) is 52.2 Å². The van der Waals surface area contributed by atoms with Crippen LogP contribution < -0.4 is 5.32 Å². The molecule has 0 aromatic rings. The Morgan fingerprint density at radius 3 is 2.33 bits per heavy atom. The molecule has 0 aliphatic heterocycles. The van der Waals surface area contributed by atoms with Crippen LogP contribution in [0.4, 0.5) is 0 Å². The van der Waals surface area contributed by atoms with Gasteiger partial charge in [-0.1, -0.05) is 19.8 Å². The Bertz CT molecular complexity index is 160. The minimum absolute atomic E-state index is 0.646. The SMILES string of the molecule is CC1CCC(CNCC(C)N(C)C)CC1. The van der Waals surface area contributed by atoms with Crippen molar-refractivity contribution >= 4 is 0 Å². The molecular formula is C13H28N2. The maximum absolute atomic E-state index is 3.61. The highest BCUT2D eigenvalue weighted by molar-refractivity contribution is 4.73. The van der Waals surface area contributed by atoms with E-state index in [0.29, 0.717) is 6.04 Å². The van der Waals surface area contributed by atoms with Crippen molar-refractivity contribution in [2.75, 3.05) is 27.2 Å². The molecule has 2 nitrogen and oxygen atoms in total. The van der Waals surface area contributed by atoms with E-state index in [9.17, 15) is 0 Å². The van der Waals surface area contributed by atoms with Gasteiger partial charge in [0.1, 0.15) is 0 Å². The normalized spacial score (nSPS) is 29.4. The van der Waals surface area contributed by atoms with Crippen molar-refractivity contribution in [2.45, 2.75) is 45.6 Å². The third kappa shape index (κ3) is 4.98. The molecule has 1 N–H and O–H groups in total. The van der Waals surface area contributed by atoms with E-state index in [2.05, 4.69) is 38.2 Å². The van der Waals surface area contributed by atoms with Crippen molar-refractivity contribution < 1.29 is 0 Å². The lowest BCUT2D eigenvalue weighted by Crippen LogP contribution is -2.37. The van der Waals surface area contributed by atoms with E-state index >= 15 is 0 Å². The Hall–Kier alpha value is -0.0800. The molecule has 0 spiro atoms. The molecule has 0 heterocycles. The van der Waals surface area contributed by atoms with Gasteiger partial charge in [0.05, 0.1) is 0 Å². The summed E-state index contributed by atoms with van der Waals surface area (Å²) in [5, 5.41) is 3.61. The van der Waals surface area contributed by atoms with Gasteiger partial charge in [0.2, 0.25) is 0 Å². The van der Waals surface area contributed by atoms with Gasteiger partial charge in [-0.25, -0.2) is 0 Å². The topological polar surface area (TPSA) is 15.3 Å². The summed E-state index contributed by atoms with van der Waals surface area (Å²) in [7, 11) is 4.29. The highest BCUT2D eigenvalue weighted by atomic mass is 15.1. The van der Waals surface area contributed by atoms with Crippen molar-refractivity contribution in [3.05, 3.63) is 0 Å². The van der Waals surface area contributed by atoms with Crippen molar-refractivity contribution in [2.24, 2.45) is 11.8 Å². The predicted molar refractivity (Wildman–Crippen MR) is 67.1 cm³/mol. The third-order valence-electron chi connectivity index (χ3n) is 3.89. The molecule has 1 aliphatic rings. The molecule has 2 heteroatoms. The molecule has 1 fully saturated rings. The van der Waals surface area contributed by atoms with E-state index in [-0.39, 0.29) is 0 Å². The highest BCUT2D eigenvalue weighted by Gasteiger charge is 2.17. The lowest BCUT2D eigenvalue weighted by atomic mass is 9.83. The van der Waals surface area contributed by atoms with E-state index in [1.165, 1.54) is 32.2 Å². The summed E-state index contributed by atoms with van der Waals surface area (Å²) in [6.45, 7) is 7.01. The van der Waals surface area contributed by atoms with Gasteiger partial charge in [-0.15, -0.1) is 0 Å². The fourth-order valence-corrected chi connectivity index (χ4v) is 2.21. The zero-order chi connectivity index (χ0) is 11.3. The summed E-state index contributed by atoms with van der Waals surface area (Å²) in [6, 6.07) is 0.646. The van der Waals surface area contributed by atoms with Crippen molar-refractivity contribution in [1.29, 1.82) is 0 Å². The van der Waals surface area contributed by atoms with Crippen LogP contribution in [0.3, 0.4) is 0 Å². The number of nitrogens with zero attached hydrogens (tertiary/aromatic N) is 1. The maximum atomic E-state index is 3.61. The fraction of sp³-hybridized carbons (Fsp3) is 1.00. The molecule has 1 rings (SSSR count). The number of likely N-dealkylation sites (N-methyl/N-ethyl adjacent to an activating group) is 1. The van der Waals surface area contributed by atoms with Crippen LogP contribution in [0.1, 0.15) is 39.5 Å². The average Bonchev–Trinajstić information content (AvgIpc) is 2.20. The largest absolute Gasteiger partial charge is 0.315 e. The predicted octanol–water partition coefficient (Wildman–Crippen LogP) is 2.35. The van der Waals surface area contributed by atoms with E-state index in [4.69, 9.17) is 0 Å². The van der Waals surface area contributed by atoms with Crippen molar-refractivity contribution in [3.63, 3.8) is 0 Å². The van der Waals surface area contributed by atoms with Crippen LogP contribution in [0.5, 0.6) is 0 Å². The standard InChI is InChI=1S/C13H28N2/c1-11-5-7-13(8-6-11)10-14-9-12(2)15(3)4/h11-14H,5-10H2,1-4H3. The van der Waals surface area contributed by atoms with Crippen molar-refractivity contribution in [3.8, 4) is 0 Å². The van der Waals surface area contributed by atoms with Crippen LogP contribution in [0.2, 0.25) is 0 Å². The summed E-state index contributed by atoms with van der Waals surface area (Å²) in [6.07, 6.45) is 5.75. The van der Waals surface area contributed by atoms with Crippen LogP contribution in [-0.2, 0) is 0 Å². The van der Waals surface area contributed by atoms with Crippen LogP contribution >= 0.6 is 0 Å². The number of rotatable bonds is 5. The van der Waals surface area contributed by atoms with E-state index in [1.807, 2.05) is 0 Å². The lowest BCUT2D eigenvalue weighted by Gasteiger charge is -2.27. The first kappa shape index (κ1) is 13.0. The Morgan fingerprint density at radius 2 is 1.80 bits per heavy atom. The zero-order valence-corrected chi connectivity index (χ0v) is 10.9. The molecule has 0 bridgehead atoms. The second-order valence-electron chi connectivity index (χ2n) is 5.60. The summed E-state index contributed by atoms with van der Waals surface area (Å²) in [5.74, 6) is 1.91. The monoisotopic (exact) mass is 212 g/mol. The van der Waals surface area contributed by atoms with Crippen LogP contribution in [0.25, 0.3) is 0 Å². The van der Waals surface area contributed by atoms with Gasteiger partial charge in [0.15, 0.2) is 0 Å².